The molecule has 0 aliphatic rings. The third-order valence-corrected chi connectivity index (χ3v) is 5.00. The third-order valence-electron chi connectivity index (χ3n) is 3.52. The Morgan fingerprint density at radius 2 is 1.50 bits per heavy atom. The first-order valence-electron chi connectivity index (χ1n) is 7.35. The van der Waals surface area contributed by atoms with Crippen molar-refractivity contribution in [3.63, 3.8) is 0 Å². The van der Waals surface area contributed by atoms with E-state index in [1.165, 1.54) is 5.41 Å². The van der Waals surface area contributed by atoms with Gasteiger partial charge in [-0.3, -0.25) is 0 Å². The van der Waals surface area contributed by atoms with Gasteiger partial charge in [-0.25, -0.2) is 8.42 Å². The maximum Gasteiger partial charge on any atom is 0.199 e. The van der Waals surface area contributed by atoms with Crippen molar-refractivity contribution in [1.82, 2.24) is 0 Å². The van der Waals surface area contributed by atoms with Gasteiger partial charge in [0.05, 0.1) is 4.90 Å². The van der Waals surface area contributed by atoms with Gasteiger partial charge in [0, 0.05) is 5.41 Å². The monoisotopic (exact) mass is 314 g/mol. The molecule has 0 heterocycles. The summed E-state index contributed by atoms with van der Waals surface area (Å²) in [6, 6.07) is 16.9. The number of hydrogen-bond donors (Lipinski definition) is 0. The normalized spacial score (nSPS) is 12.7. The molecular weight excluding hydrogens is 292 g/mol. The van der Waals surface area contributed by atoms with Crippen molar-refractivity contribution in [1.29, 1.82) is 0 Å². The molecule has 3 heteroatoms. The number of hydrogen-bond acceptors (Lipinski definition) is 2. The van der Waals surface area contributed by atoms with Gasteiger partial charge < -0.3 is 0 Å². The molecule has 116 valence electrons. The van der Waals surface area contributed by atoms with Crippen LogP contribution in [-0.4, -0.2) is 8.42 Å². The molecular formula is C19H22O2S. The van der Waals surface area contributed by atoms with Crippen LogP contribution in [0.2, 0.25) is 0 Å². The molecule has 2 nitrogen and oxygen atoms in total. The van der Waals surface area contributed by atoms with E-state index in [2.05, 4.69) is 20.8 Å². The van der Waals surface area contributed by atoms with E-state index in [1.807, 2.05) is 42.5 Å². The topological polar surface area (TPSA) is 34.1 Å². The van der Waals surface area contributed by atoms with E-state index in [-0.39, 0.29) is 5.41 Å². The predicted octanol–water partition coefficient (Wildman–Crippen LogP) is 4.51. The molecule has 0 unspecified atom stereocenters. The van der Waals surface area contributed by atoms with Crippen LogP contribution in [0.25, 0.3) is 0 Å². The van der Waals surface area contributed by atoms with E-state index >= 15 is 0 Å². The predicted molar refractivity (Wildman–Crippen MR) is 91.6 cm³/mol. The maximum absolute atomic E-state index is 12.3. The van der Waals surface area contributed by atoms with Crippen molar-refractivity contribution in [2.45, 2.75) is 37.5 Å². The highest BCUT2D eigenvalue weighted by Crippen LogP contribution is 2.24. The molecule has 0 aliphatic heterocycles. The van der Waals surface area contributed by atoms with Crippen molar-refractivity contribution >= 4 is 9.84 Å². The molecule has 2 aromatic carbocycles. The van der Waals surface area contributed by atoms with Crippen molar-refractivity contribution in [3.8, 4) is 0 Å². The highest BCUT2D eigenvalue weighted by Gasteiger charge is 2.15. The summed E-state index contributed by atoms with van der Waals surface area (Å²) in [5.41, 5.74) is 2.24. The second-order valence-corrected chi connectivity index (χ2v) is 8.21. The Labute approximate surface area is 133 Å². The molecule has 0 radical (unpaired) electrons. The zero-order valence-electron chi connectivity index (χ0n) is 13.3. The van der Waals surface area contributed by atoms with Gasteiger partial charge in [0.2, 0.25) is 0 Å². The zero-order valence-corrected chi connectivity index (χ0v) is 14.1. The molecule has 0 aromatic heterocycles. The van der Waals surface area contributed by atoms with Gasteiger partial charge >= 0.3 is 0 Å². The van der Waals surface area contributed by atoms with Crippen molar-refractivity contribution in [2.75, 3.05) is 0 Å². The molecule has 0 N–H and O–H groups in total. The van der Waals surface area contributed by atoms with E-state index < -0.39 is 9.84 Å². The summed E-state index contributed by atoms with van der Waals surface area (Å²) in [6.07, 6.45) is 2.31. The van der Waals surface area contributed by atoms with Gasteiger partial charge in [0.1, 0.15) is 0 Å². The summed E-state index contributed by atoms with van der Waals surface area (Å²) < 4.78 is 24.6. The van der Waals surface area contributed by atoms with Crippen molar-refractivity contribution < 1.29 is 8.42 Å². The minimum Gasteiger partial charge on any atom is -0.219 e. The van der Waals surface area contributed by atoms with Gasteiger partial charge in [-0.1, -0.05) is 69.3 Å². The molecule has 22 heavy (non-hydrogen) atoms. The van der Waals surface area contributed by atoms with Crippen LogP contribution in [0.1, 0.15) is 31.9 Å². The molecule has 2 aromatic rings. The van der Waals surface area contributed by atoms with E-state index in [1.54, 1.807) is 18.2 Å². The standard InChI is InChI=1S/C19H22O2S/c1-19(2,3)17-11-13-18(14-12-17)22(20,21)15-7-10-16-8-5-4-6-9-16/h4-9,11-15H,10H2,1-3H3/b15-7-. The fourth-order valence-corrected chi connectivity index (χ4v) is 3.17. The average molecular weight is 314 g/mol. The summed E-state index contributed by atoms with van der Waals surface area (Å²) in [6.45, 7) is 6.32. The lowest BCUT2D eigenvalue weighted by Crippen LogP contribution is -2.11. The van der Waals surface area contributed by atoms with Gasteiger partial charge in [-0.2, -0.15) is 0 Å². The van der Waals surface area contributed by atoms with Crippen LogP contribution < -0.4 is 0 Å². The number of allylic oxidation sites excluding steroid dienone is 1. The Morgan fingerprint density at radius 1 is 0.909 bits per heavy atom. The van der Waals surface area contributed by atoms with E-state index in [9.17, 15) is 8.42 Å². The van der Waals surface area contributed by atoms with Crippen molar-refractivity contribution in [3.05, 3.63) is 77.2 Å². The molecule has 0 amide bonds. The lowest BCUT2D eigenvalue weighted by atomic mass is 9.87. The Bertz CT molecular complexity index is 734. The number of sulfone groups is 1. The molecule has 0 aliphatic carbocycles. The molecule has 0 fully saturated rings. The minimum absolute atomic E-state index is 0.0193. The van der Waals surface area contributed by atoms with Crippen LogP contribution in [0.5, 0.6) is 0 Å². The highest BCUT2D eigenvalue weighted by molar-refractivity contribution is 7.94. The van der Waals surface area contributed by atoms with Crippen LogP contribution in [0.15, 0.2) is 71.0 Å². The number of rotatable bonds is 4. The largest absolute Gasteiger partial charge is 0.219 e. The molecule has 2 rings (SSSR count). The summed E-state index contributed by atoms with van der Waals surface area (Å²) in [5, 5.41) is 1.30. The SMILES string of the molecule is CC(C)(C)c1ccc(S(=O)(=O)/C=C\Cc2ccccc2)cc1. The summed E-state index contributed by atoms with van der Waals surface area (Å²) >= 11 is 0. The summed E-state index contributed by atoms with van der Waals surface area (Å²) in [5.74, 6) is 0. The fourth-order valence-electron chi connectivity index (χ4n) is 2.15. The second-order valence-electron chi connectivity index (χ2n) is 6.38. The lowest BCUT2D eigenvalue weighted by molar-refractivity contribution is 0.588. The van der Waals surface area contributed by atoms with E-state index in [0.717, 1.165) is 11.1 Å². The lowest BCUT2D eigenvalue weighted by Gasteiger charge is -2.18. The smallest absolute Gasteiger partial charge is 0.199 e. The Kier molecular flexibility index (Phi) is 4.87. The highest BCUT2D eigenvalue weighted by atomic mass is 32.2. The average Bonchev–Trinajstić information content (AvgIpc) is 2.47. The first-order chi connectivity index (χ1) is 10.3. The first-order valence-corrected chi connectivity index (χ1v) is 8.90. The zero-order chi connectivity index (χ0) is 16.2. The minimum atomic E-state index is -3.37. The van der Waals surface area contributed by atoms with Gasteiger partial charge in [0.15, 0.2) is 9.84 Å². The quantitative estimate of drug-likeness (QED) is 0.832. The van der Waals surface area contributed by atoms with Gasteiger partial charge in [-0.05, 0) is 35.1 Å². The van der Waals surface area contributed by atoms with Gasteiger partial charge in [-0.15, -0.1) is 0 Å². The molecule has 0 atom stereocenters. The van der Waals surface area contributed by atoms with E-state index in [4.69, 9.17) is 0 Å². The Balaban J connectivity index is 2.13. The molecule has 0 saturated heterocycles. The van der Waals surface area contributed by atoms with Gasteiger partial charge in [0.25, 0.3) is 0 Å². The summed E-state index contributed by atoms with van der Waals surface area (Å²) in [7, 11) is -3.37. The van der Waals surface area contributed by atoms with Crippen LogP contribution in [-0.2, 0) is 21.7 Å². The molecule has 0 spiro atoms. The van der Waals surface area contributed by atoms with Crippen molar-refractivity contribution in [2.24, 2.45) is 0 Å². The third kappa shape index (κ3) is 4.31. The molecule has 0 bridgehead atoms. The maximum atomic E-state index is 12.3. The number of benzene rings is 2. The Morgan fingerprint density at radius 3 is 2.05 bits per heavy atom. The van der Waals surface area contributed by atoms with Crippen LogP contribution >= 0.6 is 0 Å². The van der Waals surface area contributed by atoms with Crippen LogP contribution in [0, 0.1) is 0 Å². The van der Waals surface area contributed by atoms with Crippen LogP contribution in [0.4, 0.5) is 0 Å². The van der Waals surface area contributed by atoms with Crippen LogP contribution in [0.3, 0.4) is 0 Å². The Hall–Kier alpha value is -1.87. The molecule has 0 saturated carbocycles. The fraction of sp³-hybridized carbons (Fsp3) is 0.263. The summed E-state index contributed by atoms with van der Waals surface area (Å²) in [4.78, 5) is 0.338. The second kappa shape index (κ2) is 6.49. The first kappa shape index (κ1) is 16.5. The van der Waals surface area contributed by atoms with E-state index in [0.29, 0.717) is 11.3 Å².